The third-order valence-corrected chi connectivity index (χ3v) is 5.42. The highest BCUT2D eigenvalue weighted by atomic mass is 79.9. The molecular weight excluding hydrogens is 356 g/mol. The summed E-state index contributed by atoms with van der Waals surface area (Å²) >= 11 is 3.56. The molecule has 1 aliphatic heterocycles. The molecule has 4 nitrogen and oxygen atoms in total. The van der Waals surface area contributed by atoms with Crippen molar-refractivity contribution in [1.82, 2.24) is 10.6 Å². The number of amides is 1. The molecule has 1 aromatic carbocycles. The Morgan fingerprint density at radius 1 is 1.30 bits per heavy atom. The van der Waals surface area contributed by atoms with Crippen LogP contribution >= 0.6 is 15.9 Å². The molecule has 1 aliphatic carbocycles. The Bertz CT molecular complexity index is 540. The van der Waals surface area contributed by atoms with Crippen LogP contribution < -0.4 is 10.6 Å². The minimum atomic E-state index is -0.0197. The molecule has 23 heavy (non-hydrogen) atoms. The van der Waals surface area contributed by atoms with E-state index in [2.05, 4.69) is 44.8 Å². The summed E-state index contributed by atoms with van der Waals surface area (Å²) in [6.45, 7) is 3.57. The Balaban J connectivity index is 1.58. The van der Waals surface area contributed by atoms with E-state index in [-0.39, 0.29) is 11.3 Å². The first kappa shape index (κ1) is 16.9. The molecular formula is C18H25BrN2O2. The number of benzene rings is 1. The molecule has 0 unspecified atom stereocenters. The van der Waals surface area contributed by atoms with Crippen LogP contribution in [0.3, 0.4) is 0 Å². The number of ether oxygens (including phenoxy) is 1. The van der Waals surface area contributed by atoms with Crippen LogP contribution in [0.25, 0.3) is 0 Å². The van der Waals surface area contributed by atoms with Crippen molar-refractivity contribution in [3.8, 4) is 0 Å². The van der Waals surface area contributed by atoms with E-state index in [0.29, 0.717) is 13.1 Å². The first-order valence-corrected chi connectivity index (χ1v) is 9.28. The molecule has 2 N–H and O–H groups in total. The van der Waals surface area contributed by atoms with Gasteiger partial charge in [-0.3, -0.25) is 4.79 Å². The highest BCUT2D eigenvalue weighted by Crippen LogP contribution is 2.35. The fraction of sp³-hybridized carbons (Fsp3) is 0.611. The Morgan fingerprint density at radius 2 is 2.09 bits per heavy atom. The lowest BCUT2D eigenvalue weighted by atomic mass is 9.74. The predicted molar refractivity (Wildman–Crippen MR) is 94.5 cm³/mol. The second kappa shape index (κ2) is 7.77. The molecule has 0 radical (unpaired) electrons. The minimum Gasteiger partial charge on any atom is -0.381 e. The van der Waals surface area contributed by atoms with Gasteiger partial charge in [0, 0.05) is 29.6 Å². The molecule has 1 saturated heterocycles. The second-order valence-corrected chi connectivity index (χ2v) is 7.67. The number of carbonyl (C=O) groups is 1. The molecule has 0 atom stereocenters. The first-order valence-electron chi connectivity index (χ1n) is 8.49. The van der Waals surface area contributed by atoms with E-state index in [1.807, 2.05) is 6.07 Å². The molecule has 126 valence electrons. The van der Waals surface area contributed by atoms with Crippen LogP contribution in [0.2, 0.25) is 0 Å². The van der Waals surface area contributed by atoms with Gasteiger partial charge >= 0.3 is 0 Å². The van der Waals surface area contributed by atoms with Crippen LogP contribution in [0, 0.1) is 5.92 Å². The van der Waals surface area contributed by atoms with Gasteiger partial charge in [0.2, 0.25) is 5.91 Å². The fourth-order valence-electron chi connectivity index (χ4n) is 3.19. The van der Waals surface area contributed by atoms with E-state index < -0.39 is 0 Å². The maximum absolute atomic E-state index is 12.1. The van der Waals surface area contributed by atoms with Crippen molar-refractivity contribution in [1.29, 1.82) is 0 Å². The molecule has 2 fully saturated rings. The lowest BCUT2D eigenvalue weighted by Gasteiger charge is -2.38. The molecule has 3 rings (SSSR count). The van der Waals surface area contributed by atoms with Crippen molar-refractivity contribution in [2.24, 2.45) is 5.92 Å². The Labute approximate surface area is 146 Å². The number of rotatable bonds is 7. The zero-order chi connectivity index (χ0) is 16.1. The third-order valence-electron chi connectivity index (χ3n) is 4.93. The summed E-state index contributed by atoms with van der Waals surface area (Å²) in [7, 11) is 0. The van der Waals surface area contributed by atoms with E-state index in [4.69, 9.17) is 4.74 Å². The summed E-state index contributed by atoms with van der Waals surface area (Å²) in [6, 6.07) is 8.43. The SMILES string of the molecule is O=C(CNCC1CC1)NCC1(c2cccc(Br)c2)CCOCC1. The van der Waals surface area contributed by atoms with Gasteiger partial charge in [0.1, 0.15) is 0 Å². The number of nitrogens with one attached hydrogen (secondary N) is 2. The molecule has 1 amide bonds. The van der Waals surface area contributed by atoms with Gasteiger partial charge in [-0.1, -0.05) is 28.1 Å². The van der Waals surface area contributed by atoms with Gasteiger partial charge in [-0.05, 0) is 55.8 Å². The Morgan fingerprint density at radius 3 is 2.78 bits per heavy atom. The van der Waals surface area contributed by atoms with Gasteiger partial charge in [-0.2, -0.15) is 0 Å². The summed E-state index contributed by atoms with van der Waals surface area (Å²) in [4.78, 5) is 12.1. The number of hydrogen-bond donors (Lipinski definition) is 2. The lowest BCUT2D eigenvalue weighted by Crippen LogP contribution is -2.46. The van der Waals surface area contributed by atoms with Crippen LogP contribution in [0.5, 0.6) is 0 Å². The second-order valence-electron chi connectivity index (χ2n) is 6.75. The van der Waals surface area contributed by atoms with E-state index in [9.17, 15) is 4.79 Å². The average Bonchev–Trinajstić information content (AvgIpc) is 3.38. The van der Waals surface area contributed by atoms with Gasteiger partial charge in [0.25, 0.3) is 0 Å². The standard InChI is InChI=1S/C18H25BrN2O2/c19-16-3-1-2-15(10-16)18(6-8-23-9-7-18)13-21-17(22)12-20-11-14-4-5-14/h1-3,10,14,20H,4-9,11-13H2,(H,21,22). The van der Waals surface area contributed by atoms with Gasteiger partial charge in [0.15, 0.2) is 0 Å². The average molecular weight is 381 g/mol. The van der Waals surface area contributed by atoms with E-state index >= 15 is 0 Å². The topological polar surface area (TPSA) is 50.4 Å². The van der Waals surface area contributed by atoms with Crippen molar-refractivity contribution >= 4 is 21.8 Å². The first-order chi connectivity index (χ1) is 11.2. The molecule has 0 bridgehead atoms. The predicted octanol–water partition coefficient (Wildman–Crippen LogP) is 2.61. The number of halogens is 1. The van der Waals surface area contributed by atoms with Crippen LogP contribution in [-0.4, -0.2) is 38.8 Å². The van der Waals surface area contributed by atoms with Crippen molar-refractivity contribution in [3.05, 3.63) is 34.3 Å². The smallest absolute Gasteiger partial charge is 0.233 e. The van der Waals surface area contributed by atoms with E-state index in [0.717, 1.165) is 43.0 Å². The van der Waals surface area contributed by atoms with Gasteiger partial charge < -0.3 is 15.4 Å². The highest BCUT2D eigenvalue weighted by Gasteiger charge is 2.35. The van der Waals surface area contributed by atoms with Crippen LogP contribution in [-0.2, 0) is 14.9 Å². The van der Waals surface area contributed by atoms with Gasteiger partial charge in [-0.15, -0.1) is 0 Å². The maximum atomic E-state index is 12.1. The normalized spacial score (nSPS) is 20.2. The van der Waals surface area contributed by atoms with Crippen molar-refractivity contribution in [2.45, 2.75) is 31.1 Å². The molecule has 0 aromatic heterocycles. The molecule has 5 heteroatoms. The molecule has 1 aromatic rings. The third kappa shape index (κ3) is 4.78. The zero-order valence-electron chi connectivity index (χ0n) is 13.4. The van der Waals surface area contributed by atoms with E-state index in [1.54, 1.807) is 0 Å². The summed E-state index contributed by atoms with van der Waals surface area (Å²) in [5, 5.41) is 6.39. The number of carbonyl (C=O) groups excluding carboxylic acids is 1. The summed E-state index contributed by atoms with van der Waals surface area (Å²) in [6.07, 6.45) is 4.50. The summed E-state index contributed by atoms with van der Waals surface area (Å²) in [5.74, 6) is 0.887. The van der Waals surface area contributed by atoms with Crippen LogP contribution in [0.1, 0.15) is 31.2 Å². The highest BCUT2D eigenvalue weighted by molar-refractivity contribution is 9.10. The Hall–Kier alpha value is -0.910. The van der Waals surface area contributed by atoms with Crippen LogP contribution in [0.4, 0.5) is 0 Å². The summed E-state index contributed by atoms with van der Waals surface area (Å²) < 4.78 is 6.63. The molecule has 1 heterocycles. The van der Waals surface area contributed by atoms with Crippen molar-refractivity contribution < 1.29 is 9.53 Å². The minimum absolute atomic E-state index is 0.0197. The van der Waals surface area contributed by atoms with Gasteiger partial charge in [0.05, 0.1) is 6.54 Å². The molecule has 2 aliphatic rings. The number of hydrogen-bond acceptors (Lipinski definition) is 3. The summed E-state index contributed by atoms with van der Waals surface area (Å²) in [5.41, 5.74) is 1.26. The van der Waals surface area contributed by atoms with Crippen molar-refractivity contribution in [3.63, 3.8) is 0 Å². The van der Waals surface area contributed by atoms with Gasteiger partial charge in [-0.25, -0.2) is 0 Å². The fourth-order valence-corrected chi connectivity index (χ4v) is 3.59. The van der Waals surface area contributed by atoms with Crippen molar-refractivity contribution in [2.75, 3.05) is 32.8 Å². The largest absolute Gasteiger partial charge is 0.381 e. The Kier molecular flexibility index (Phi) is 5.72. The maximum Gasteiger partial charge on any atom is 0.233 e. The zero-order valence-corrected chi connectivity index (χ0v) is 15.0. The quantitative estimate of drug-likeness (QED) is 0.764. The lowest BCUT2D eigenvalue weighted by molar-refractivity contribution is -0.120. The van der Waals surface area contributed by atoms with Crippen LogP contribution in [0.15, 0.2) is 28.7 Å². The van der Waals surface area contributed by atoms with E-state index in [1.165, 1.54) is 18.4 Å². The molecule has 1 saturated carbocycles. The molecule has 0 spiro atoms. The monoisotopic (exact) mass is 380 g/mol.